The van der Waals surface area contributed by atoms with Crippen molar-refractivity contribution in [3.05, 3.63) is 100.0 Å². The highest BCUT2D eigenvalue weighted by molar-refractivity contribution is 7.85. The van der Waals surface area contributed by atoms with Gasteiger partial charge < -0.3 is 16.0 Å². The van der Waals surface area contributed by atoms with Crippen molar-refractivity contribution in [3.63, 3.8) is 0 Å². The molecule has 0 fully saturated rings. The monoisotopic (exact) mass is 571 g/mol. The summed E-state index contributed by atoms with van der Waals surface area (Å²) in [5.74, 6) is -1.44. The first kappa shape index (κ1) is 27.8. The zero-order chi connectivity index (χ0) is 28.5. The molecule has 0 bridgehead atoms. The molecule has 2 heterocycles. The third kappa shape index (κ3) is 6.08. The molecule has 10 nitrogen and oxygen atoms in total. The molecular formula is C26H23ClFN5O5S. The van der Waals surface area contributed by atoms with E-state index in [1.807, 2.05) is 6.92 Å². The van der Waals surface area contributed by atoms with Crippen molar-refractivity contribution in [1.29, 1.82) is 0 Å². The number of nitrogens with one attached hydrogen (secondary N) is 1. The molecule has 3 aromatic carbocycles. The first-order chi connectivity index (χ1) is 18.3. The van der Waals surface area contributed by atoms with Crippen molar-refractivity contribution >= 4 is 50.7 Å². The summed E-state index contributed by atoms with van der Waals surface area (Å²) < 4.78 is 45.4. The number of fused-ring (bicyclic) bond motifs is 2. The second kappa shape index (κ2) is 10.8. The van der Waals surface area contributed by atoms with Crippen LogP contribution >= 0.6 is 11.6 Å². The summed E-state index contributed by atoms with van der Waals surface area (Å²) in [6, 6.07) is 14.7. The van der Waals surface area contributed by atoms with Crippen LogP contribution < -0.4 is 16.0 Å². The molecule has 1 aliphatic rings. The molecule has 0 saturated carbocycles. The Balaban J connectivity index is 0.000000270. The van der Waals surface area contributed by atoms with E-state index in [0.717, 1.165) is 23.0 Å². The Kier molecular flexibility index (Phi) is 7.72. The summed E-state index contributed by atoms with van der Waals surface area (Å²) in [5.41, 5.74) is 7.91. The number of anilines is 3. The smallest absolute Gasteiger partial charge is 0.294 e. The first-order valence-corrected chi connectivity index (χ1v) is 13.2. The number of primary amides is 1. The fourth-order valence-corrected chi connectivity index (χ4v) is 4.53. The Labute approximate surface area is 228 Å². The zero-order valence-corrected chi connectivity index (χ0v) is 22.3. The second-order valence-corrected chi connectivity index (χ2v) is 10.5. The van der Waals surface area contributed by atoms with Gasteiger partial charge in [-0.1, -0.05) is 29.3 Å². The molecule has 0 spiro atoms. The Hall–Kier alpha value is -4.26. The van der Waals surface area contributed by atoms with Gasteiger partial charge in [-0.25, -0.2) is 4.39 Å². The van der Waals surface area contributed by atoms with E-state index in [0.29, 0.717) is 16.4 Å². The first-order valence-electron chi connectivity index (χ1n) is 11.4. The van der Waals surface area contributed by atoms with Crippen molar-refractivity contribution in [3.8, 4) is 0 Å². The highest BCUT2D eigenvalue weighted by Gasteiger charge is 2.27. The maximum Gasteiger partial charge on any atom is 0.294 e. The Morgan fingerprint density at radius 2 is 1.79 bits per heavy atom. The summed E-state index contributed by atoms with van der Waals surface area (Å²) >= 11 is 6.12. The Morgan fingerprint density at radius 3 is 2.41 bits per heavy atom. The van der Waals surface area contributed by atoms with Crippen molar-refractivity contribution < 1.29 is 27.0 Å². The minimum atomic E-state index is -4.02. The van der Waals surface area contributed by atoms with Crippen LogP contribution in [0.3, 0.4) is 0 Å². The van der Waals surface area contributed by atoms with Gasteiger partial charge in [0.1, 0.15) is 11.6 Å². The number of rotatable bonds is 3. The van der Waals surface area contributed by atoms with E-state index in [4.69, 9.17) is 21.9 Å². The molecule has 39 heavy (non-hydrogen) atoms. The number of nitrogens with zero attached hydrogens (tertiary/aromatic N) is 3. The fraction of sp³-hybridized carbons (Fsp3) is 0.115. The second-order valence-electron chi connectivity index (χ2n) is 8.67. The number of carbonyl (C=O) groups excluding carboxylic acids is 2. The number of amides is 2. The maximum atomic E-state index is 14.2. The molecule has 0 aliphatic carbocycles. The van der Waals surface area contributed by atoms with Crippen LogP contribution in [0.15, 0.2) is 71.8 Å². The normalized spacial score (nSPS) is 12.3. The molecular weight excluding hydrogens is 549 g/mol. The van der Waals surface area contributed by atoms with E-state index in [2.05, 4.69) is 10.4 Å². The number of hydrogen-bond acceptors (Lipinski definition) is 6. The third-order valence-corrected chi connectivity index (χ3v) is 6.99. The number of hydrogen-bond donors (Lipinski definition) is 3. The van der Waals surface area contributed by atoms with Gasteiger partial charge in [-0.2, -0.15) is 13.5 Å². The van der Waals surface area contributed by atoms with E-state index in [-0.39, 0.29) is 22.6 Å². The lowest BCUT2D eigenvalue weighted by atomic mass is 10.1. The van der Waals surface area contributed by atoms with Crippen LogP contribution in [0, 0.1) is 12.7 Å². The molecule has 4 N–H and O–H groups in total. The fourth-order valence-electron chi connectivity index (χ4n) is 3.88. The van der Waals surface area contributed by atoms with Crippen LogP contribution in [0.4, 0.5) is 21.6 Å². The third-order valence-electron chi connectivity index (χ3n) is 5.89. The average molecular weight is 572 g/mol. The van der Waals surface area contributed by atoms with Crippen molar-refractivity contribution in [2.24, 2.45) is 12.8 Å². The van der Waals surface area contributed by atoms with E-state index in [1.54, 1.807) is 48.3 Å². The van der Waals surface area contributed by atoms with Crippen LogP contribution in [0.1, 0.15) is 31.8 Å². The van der Waals surface area contributed by atoms with Gasteiger partial charge in [0.2, 0.25) is 0 Å². The average Bonchev–Trinajstić information content (AvgIpc) is 3.11. The van der Waals surface area contributed by atoms with Crippen molar-refractivity contribution in [2.75, 3.05) is 10.2 Å². The van der Waals surface area contributed by atoms with Gasteiger partial charge in [0.15, 0.2) is 0 Å². The summed E-state index contributed by atoms with van der Waals surface area (Å²) in [4.78, 5) is 25.9. The van der Waals surface area contributed by atoms with Gasteiger partial charge in [0, 0.05) is 23.2 Å². The van der Waals surface area contributed by atoms with E-state index in [1.165, 1.54) is 29.2 Å². The Morgan fingerprint density at radius 1 is 1.10 bits per heavy atom. The molecule has 0 radical (unpaired) electrons. The van der Waals surface area contributed by atoms with Crippen LogP contribution in [0.2, 0.25) is 5.02 Å². The number of nitrogens with two attached hydrogens (primary N) is 1. The summed E-state index contributed by atoms with van der Waals surface area (Å²) in [6.07, 6.45) is 1.66. The lowest BCUT2D eigenvalue weighted by Crippen LogP contribution is -2.30. The SMILES string of the molecule is Cc1ccc(S(=O)(=O)O)cc1.Cn1ncc2c1Nc1cc(Cl)ccc1N(C(=O)c1ccc(C(N)=O)c(F)c1)C2. The lowest BCUT2D eigenvalue weighted by molar-refractivity contribution is 0.0976. The predicted molar refractivity (Wildman–Crippen MR) is 144 cm³/mol. The Bertz CT molecular complexity index is 1690. The maximum absolute atomic E-state index is 14.2. The van der Waals surface area contributed by atoms with Crippen LogP contribution in [-0.2, 0) is 23.7 Å². The zero-order valence-electron chi connectivity index (χ0n) is 20.7. The van der Waals surface area contributed by atoms with E-state index < -0.39 is 27.7 Å². The number of aromatic nitrogens is 2. The number of carbonyl (C=O) groups is 2. The molecule has 2 amide bonds. The highest BCUT2D eigenvalue weighted by Crippen LogP contribution is 2.38. The molecule has 0 atom stereocenters. The lowest BCUT2D eigenvalue weighted by Gasteiger charge is -2.23. The topological polar surface area (TPSA) is 148 Å². The molecule has 0 unspecified atom stereocenters. The van der Waals surface area contributed by atoms with Crippen LogP contribution in [0.5, 0.6) is 0 Å². The molecule has 1 aliphatic heterocycles. The van der Waals surface area contributed by atoms with Gasteiger partial charge in [-0.3, -0.25) is 18.8 Å². The molecule has 13 heteroatoms. The van der Waals surface area contributed by atoms with Gasteiger partial charge in [-0.15, -0.1) is 0 Å². The van der Waals surface area contributed by atoms with E-state index in [9.17, 15) is 22.4 Å². The summed E-state index contributed by atoms with van der Waals surface area (Å²) in [5, 5.41) is 7.97. The minimum absolute atomic E-state index is 0.0666. The summed E-state index contributed by atoms with van der Waals surface area (Å²) in [7, 11) is -2.24. The predicted octanol–water partition coefficient (Wildman–Crippen LogP) is 4.46. The number of aryl methyl sites for hydroxylation is 2. The standard InChI is InChI=1S/C19H15ClFN5O2.C7H8O3S/c1-25-18-11(8-23-25)9-26(16-5-3-12(20)7-15(16)24-18)19(28)10-2-4-13(17(22)27)14(21)6-10;1-6-2-4-7(5-3-6)11(8,9)10/h2-8,24H,9H2,1H3,(H2,22,27);2-5H,1H3,(H,8,9,10). The van der Waals surface area contributed by atoms with Crippen LogP contribution in [0.25, 0.3) is 0 Å². The van der Waals surface area contributed by atoms with Crippen molar-refractivity contribution in [1.82, 2.24) is 9.78 Å². The van der Waals surface area contributed by atoms with Gasteiger partial charge in [-0.05, 0) is 55.5 Å². The largest absolute Gasteiger partial charge is 0.366 e. The molecule has 0 saturated heterocycles. The molecule has 4 aromatic rings. The minimum Gasteiger partial charge on any atom is -0.366 e. The van der Waals surface area contributed by atoms with Gasteiger partial charge >= 0.3 is 0 Å². The van der Waals surface area contributed by atoms with Gasteiger partial charge in [0.25, 0.3) is 21.9 Å². The summed E-state index contributed by atoms with van der Waals surface area (Å²) in [6.45, 7) is 2.07. The quantitative estimate of drug-likeness (QED) is 0.308. The highest BCUT2D eigenvalue weighted by atomic mass is 35.5. The molecule has 202 valence electrons. The molecule has 5 rings (SSSR count). The van der Waals surface area contributed by atoms with Crippen LogP contribution in [-0.4, -0.2) is 34.6 Å². The van der Waals surface area contributed by atoms with Gasteiger partial charge in [0.05, 0.1) is 34.6 Å². The molecule has 1 aromatic heterocycles. The number of halogens is 2. The van der Waals surface area contributed by atoms with Crippen molar-refractivity contribution in [2.45, 2.75) is 18.4 Å². The number of benzene rings is 3. The van der Waals surface area contributed by atoms with E-state index >= 15 is 0 Å².